The number of ether oxygens (including phenoxy) is 1. The van der Waals surface area contributed by atoms with Crippen LogP contribution in [0.15, 0.2) is 54.6 Å². The fourth-order valence-corrected chi connectivity index (χ4v) is 4.18. The molecule has 2 aromatic rings. The average Bonchev–Trinajstić information content (AvgIpc) is 2.78. The average molecular weight is 436 g/mol. The first kappa shape index (κ1) is 23.6. The molecule has 1 aliphatic carbocycles. The molecule has 170 valence electrons. The number of carbonyl (C=O) groups is 2. The molecule has 0 heterocycles. The van der Waals surface area contributed by atoms with Crippen molar-refractivity contribution in [3.8, 4) is 5.75 Å². The monoisotopic (exact) mass is 435 g/mol. The SMILES string of the molecule is CC(=CC(=O)Nc1ccccc1OCCCC(=O)O)c1ccc(CC2CCCCC2)cc1. The van der Waals surface area contributed by atoms with Gasteiger partial charge in [0.25, 0.3) is 0 Å². The summed E-state index contributed by atoms with van der Waals surface area (Å²) in [6, 6.07) is 15.7. The predicted octanol–water partition coefficient (Wildman–Crippen LogP) is 6.10. The number of hydrogen-bond acceptors (Lipinski definition) is 3. The minimum absolute atomic E-state index is 0.0515. The summed E-state index contributed by atoms with van der Waals surface area (Å²) in [7, 11) is 0. The van der Waals surface area contributed by atoms with Gasteiger partial charge in [-0.1, -0.05) is 68.5 Å². The van der Waals surface area contributed by atoms with Crippen LogP contribution in [0.2, 0.25) is 0 Å². The fraction of sp³-hybridized carbons (Fsp3) is 0.407. The Kier molecular flexibility index (Phi) is 8.90. The van der Waals surface area contributed by atoms with Crippen molar-refractivity contribution < 1.29 is 19.4 Å². The molecule has 1 aliphatic rings. The van der Waals surface area contributed by atoms with Crippen LogP contribution >= 0.6 is 0 Å². The molecule has 1 amide bonds. The Morgan fingerprint density at radius 3 is 2.50 bits per heavy atom. The number of carbonyl (C=O) groups excluding carboxylic acids is 1. The third kappa shape index (κ3) is 7.56. The van der Waals surface area contributed by atoms with E-state index in [4.69, 9.17) is 9.84 Å². The zero-order valence-electron chi connectivity index (χ0n) is 18.8. The number of carboxylic acid groups (broad SMARTS) is 1. The summed E-state index contributed by atoms with van der Waals surface area (Å²) in [6.45, 7) is 2.21. The fourth-order valence-electron chi connectivity index (χ4n) is 4.18. The Bertz CT molecular complexity index is 927. The number of hydrogen-bond donors (Lipinski definition) is 2. The largest absolute Gasteiger partial charge is 0.491 e. The molecule has 1 saturated carbocycles. The lowest BCUT2D eigenvalue weighted by Crippen LogP contribution is -2.11. The van der Waals surface area contributed by atoms with E-state index < -0.39 is 5.97 Å². The van der Waals surface area contributed by atoms with Crippen LogP contribution in [0.5, 0.6) is 5.75 Å². The molecule has 1 fully saturated rings. The number of carboxylic acids is 1. The topological polar surface area (TPSA) is 75.6 Å². The smallest absolute Gasteiger partial charge is 0.303 e. The van der Waals surface area contributed by atoms with E-state index in [0.29, 0.717) is 17.9 Å². The Hall–Kier alpha value is -3.08. The van der Waals surface area contributed by atoms with Gasteiger partial charge in [0.15, 0.2) is 0 Å². The summed E-state index contributed by atoms with van der Waals surface area (Å²) in [5.74, 6) is 0.265. The highest BCUT2D eigenvalue weighted by molar-refractivity contribution is 6.04. The Balaban J connectivity index is 1.56. The van der Waals surface area contributed by atoms with E-state index in [-0.39, 0.29) is 18.9 Å². The Morgan fingerprint density at radius 1 is 1.06 bits per heavy atom. The van der Waals surface area contributed by atoms with Gasteiger partial charge in [-0.25, -0.2) is 0 Å². The molecular formula is C27H33NO4. The zero-order valence-corrected chi connectivity index (χ0v) is 18.8. The van der Waals surface area contributed by atoms with Crippen LogP contribution in [0.3, 0.4) is 0 Å². The lowest BCUT2D eigenvalue weighted by atomic mass is 9.84. The molecule has 5 heteroatoms. The second kappa shape index (κ2) is 12.1. The number of amides is 1. The van der Waals surface area contributed by atoms with Gasteiger partial charge in [0.2, 0.25) is 5.91 Å². The number of rotatable bonds is 10. The van der Waals surface area contributed by atoms with Crippen LogP contribution in [0.25, 0.3) is 5.57 Å². The van der Waals surface area contributed by atoms with Crippen LogP contribution < -0.4 is 10.1 Å². The quantitative estimate of drug-likeness (QED) is 0.349. The summed E-state index contributed by atoms with van der Waals surface area (Å²) in [5, 5.41) is 11.6. The Morgan fingerprint density at radius 2 is 1.78 bits per heavy atom. The van der Waals surface area contributed by atoms with Gasteiger partial charge in [-0.2, -0.15) is 0 Å². The molecule has 0 atom stereocenters. The highest BCUT2D eigenvalue weighted by Crippen LogP contribution is 2.28. The first-order valence-electron chi connectivity index (χ1n) is 11.5. The molecule has 0 unspecified atom stereocenters. The van der Waals surface area contributed by atoms with Crippen molar-refractivity contribution in [2.75, 3.05) is 11.9 Å². The zero-order chi connectivity index (χ0) is 22.8. The molecule has 0 saturated heterocycles. The van der Waals surface area contributed by atoms with Gasteiger partial charge in [0.1, 0.15) is 5.75 Å². The molecule has 32 heavy (non-hydrogen) atoms. The molecule has 5 nitrogen and oxygen atoms in total. The van der Waals surface area contributed by atoms with Crippen LogP contribution in [0.1, 0.15) is 63.0 Å². The third-order valence-corrected chi connectivity index (χ3v) is 5.94. The minimum atomic E-state index is -0.849. The van der Waals surface area contributed by atoms with E-state index in [1.165, 1.54) is 37.7 Å². The highest BCUT2D eigenvalue weighted by Gasteiger charge is 2.14. The second-order valence-electron chi connectivity index (χ2n) is 8.56. The summed E-state index contributed by atoms with van der Waals surface area (Å²) >= 11 is 0. The van der Waals surface area contributed by atoms with Gasteiger partial charge < -0.3 is 15.2 Å². The third-order valence-electron chi connectivity index (χ3n) is 5.94. The van der Waals surface area contributed by atoms with E-state index in [2.05, 4.69) is 29.6 Å². The van der Waals surface area contributed by atoms with E-state index in [0.717, 1.165) is 23.5 Å². The van der Waals surface area contributed by atoms with Gasteiger partial charge in [0, 0.05) is 12.5 Å². The molecule has 2 aromatic carbocycles. The maximum absolute atomic E-state index is 12.6. The summed E-state index contributed by atoms with van der Waals surface area (Å²) in [6.07, 6.45) is 9.97. The van der Waals surface area contributed by atoms with E-state index in [9.17, 15) is 9.59 Å². The maximum Gasteiger partial charge on any atom is 0.303 e. The van der Waals surface area contributed by atoms with Gasteiger partial charge in [0.05, 0.1) is 12.3 Å². The number of aliphatic carboxylic acids is 1. The second-order valence-corrected chi connectivity index (χ2v) is 8.56. The lowest BCUT2D eigenvalue weighted by Gasteiger charge is -2.21. The van der Waals surface area contributed by atoms with Crippen molar-refractivity contribution in [3.05, 3.63) is 65.7 Å². The van der Waals surface area contributed by atoms with Crippen LogP contribution in [-0.2, 0) is 16.0 Å². The van der Waals surface area contributed by atoms with Gasteiger partial charge in [-0.15, -0.1) is 0 Å². The Labute approximate surface area is 190 Å². The summed E-state index contributed by atoms with van der Waals surface area (Å²) < 4.78 is 5.65. The molecular weight excluding hydrogens is 402 g/mol. The number of allylic oxidation sites excluding steroid dienone is 1. The lowest BCUT2D eigenvalue weighted by molar-refractivity contribution is -0.137. The number of para-hydroxylation sites is 2. The van der Waals surface area contributed by atoms with Crippen molar-refractivity contribution in [1.29, 1.82) is 0 Å². The number of anilines is 1. The number of benzene rings is 2. The first-order chi connectivity index (χ1) is 15.5. The minimum Gasteiger partial charge on any atom is -0.491 e. The molecule has 2 N–H and O–H groups in total. The molecule has 0 aromatic heterocycles. The number of nitrogens with one attached hydrogen (secondary N) is 1. The highest BCUT2D eigenvalue weighted by atomic mass is 16.5. The van der Waals surface area contributed by atoms with Crippen LogP contribution in [0, 0.1) is 5.92 Å². The van der Waals surface area contributed by atoms with Gasteiger partial charge >= 0.3 is 5.97 Å². The normalized spacial score (nSPS) is 14.7. The standard InChI is InChI=1S/C27H33NO4/c1-20(23-15-13-22(14-16-23)19-21-8-3-2-4-9-21)18-26(29)28-24-10-5-6-11-25(24)32-17-7-12-27(30)31/h5-6,10-11,13-16,18,21H,2-4,7-9,12,17,19H2,1H3,(H,28,29)(H,30,31). The van der Waals surface area contributed by atoms with E-state index in [1.54, 1.807) is 18.2 Å². The van der Waals surface area contributed by atoms with Crippen LogP contribution in [0.4, 0.5) is 5.69 Å². The van der Waals surface area contributed by atoms with Crippen molar-refractivity contribution >= 4 is 23.1 Å². The van der Waals surface area contributed by atoms with E-state index in [1.807, 2.05) is 19.1 Å². The van der Waals surface area contributed by atoms with Crippen LogP contribution in [-0.4, -0.2) is 23.6 Å². The van der Waals surface area contributed by atoms with Crippen molar-refractivity contribution in [2.45, 2.75) is 58.3 Å². The van der Waals surface area contributed by atoms with Crippen molar-refractivity contribution in [3.63, 3.8) is 0 Å². The molecule has 0 spiro atoms. The van der Waals surface area contributed by atoms with E-state index >= 15 is 0 Å². The van der Waals surface area contributed by atoms with Gasteiger partial charge in [-0.05, 0) is 54.5 Å². The summed E-state index contributed by atoms with van der Waals surface area (Å²) in [5.41, 5.74) is 3.86. The first-order valence-corrected chi connectivity index (χ1v) is 11.5. The van der Waals surface area contributed by atoms with Crippen molar-refractivity contribution in [2.24, 2.45) is 5.92 Å². The molecule has 0 bridgehead atoms. The predicted molar refractivity (Wildman–Crippen MR) is 128 cm³/mol. The van der Waals surface area contributed by atoms with Crippen molar-refractivity contribution in [1.82, 2.24) is 0 Å². The van der Waals surface area contributed by atoms with Gasteiger partial charge in [-0.3, -0.25) is 9.59 Å². The molecule has 0 radical (unpaired) electrons. The maximum atomic E-state index is 12.6. The molecule has 3 rings (SSSR count). The molecule has 0 aliphatic heterocycles. The summed E-state index contributed by atoms with van der Waals surface area (Å²) in [4.78, 5) is 23.2.